The van der Waals surface area contributed by atoms with Gasteiger partial charge in [0.2, 0.25) is 5.88 Å². The second-order valence-electron chi connectivity index (χ2n) is 6.41. The number of halogens is 1. The van der Waals surface area contributed by atoms with E-state index in [1.54, 1.807) is 23.8 Å². The zero-order chi connectivity index (χ0) is 20.5. The quantitative estimate of drug-likeness (QED) is 0.349. The fourth-order valence-corrected chi connectivity index (χ4v) is 4.90. The number of thioether (sulfide) groups is 1. The largest absolute Gasteiger partial charge is 0.481 e. The number of nitrogens with zero attached hydrogens (tertiary/aromatic N) is 4. The SMILES string of the molecule is COc1ccc(-n2c(SCc3c(C)cc(F)cc3C)nc3ncsc3c2=O)cn1. The van der Waals surface area contributed by atoms with Crippen LogP contribution in [0.3, 0.4) is 0 Å². The number of aromatic nitrogens is 4. The van der Waals surface area contributed by atoms with E-state index in [9.17, 15) is 9.18 Å². The molecule has 0 aliphatic rings. The highest BCUT2D eigenvalue weighted by Gasteiger charge is 2.17. The number of methoxy groups -OCH3 is 1. The van der Waals surface area contributed by atoms with E-state index in [-0.39, 0.29) is 11.4 Å². The second-order valence-corrected chi connectivity index (χ2v) is 8.20. The van der Waals surface area contributed by atoms with E-state index >= 15 is 0 Å². The molecule has 0 N–H and O–H groups in total. The van der Waals surface area contributed by atoms with Crippen molar-refractivity contribution in [1.29, 1.82) is 0 Å². The van der Waals surface area contributed by atoms with Crippen molar-refractivity contribution >= 4 is 33.4 Å². The van der Waals surface area contributed by atoms with Gasteiger partial charge in [-0.1, -0.05) is 11.8 Å². The van der Waals surface area contributed by atoms with Gasteiger partial charge in [0, 0.05) is 11.8 Å². The molecular weight excluding hydrogens is 411 g/mol. The molecule has 0 bridgehead atoms. The normalized spacial score (nSPS) is 11.2. The second kappa shape index (κ2) is 7.92. The molecule has 3 heterocycles. The smallest absolute Gasteiger partial charge is 0.278 e. The first-order valence-electron chi connectivity index (χ1n) is 8.73. The average molecular weight is 429 g/mol. The minimum atomic E-state index is -0.253. The Labute approximate surface area is 174 Å². The van der Waals surface area contributed by atoms with Gasteiger partial charge in [-0.2, -0.15) is 0 Å². The van der Waals surface area contributed by atoms with Crippen molar-refractivity contribution in [2.75, 3.05) is 7.11 Å². The number of hydrogen-bond donors (Lipinski definition) is 0. The summed E-state index contributed by atoms with van der Waals surface area (Å²) in [7, 11) is 1.54. The number of fused-ring (bicyclic) bond motifs is 1. The standard InChI is InChI=1S/C20H17FN4O2S2/c1-11-6-13(21)7-12(2)15(11)9-28-20-24-18-17(29-10-23-18)19(26)25(20)14-4-5-16(27-3)22-8-14/h4-8,10H,9H2,1-3H3. The van der Waals surface area contributed by atoms with Crippen LogP contribution < -0.4 is 10.3 Å². The van der Waals surface area contributed by atoms with Crippen LogP contribution in [0.5, 0.6) is 5.88 Å². The van der Waals surface area contributed by atoms with Crippen molar-refractivity contribution in [3.05, 3.63) is 68.8 Å². The Kier molecular flexibility index (Phi) is 5.33. The molecule has 29 heavy (non-hydrogen) atoms. The van der Waals surface area contributed by atoms with Crippen molar-refractivity contribution in [2.24, 2.45) is 0 Å². The summed E-state index contributed by atoms with van der Waals surface area (Å²) < 4.78 is 20.7. The van der Waals surface area contributed by atoms with E-state index in [0.717, 1.165) is 16.7 Å². The maximum absolute atomic E-state index is 13.6. The van der Waals surface area contributed by atoms with Crippen LogP contribution in [-0.4, -0.2) is 26.6 Å². The molecule has 0 spiro atoms. The molecule has 0 aliphatic carbocycles. The van der Waals surface area contributed by atoms with Crippen molar-refractivity contribution in [1.82, 2.24) is 19.5 Å². The monoisotopic (exact) mass is 428 g/mol. The van der Waals surface area contributed by atoms with Crippen LogP contribution in [0, 0.1) is 19.7 Å². The zero-order valence-electron chi connectivity index (χ0n) is 16.0. The predicted octanol–water partition coefficient (Wildman–Crippen LogP) is 4.29. The Morgan fingerprint density at radius 2 is 1.97 bits per heavy atom. The number of rotatable bonds is 5. The number of aryl methyl sites for hydroxylation is 2. The molecule has 3 aromatic heterocycles. The third-order valence-corrected chi connectivity index (χ3v) is 6.30. The summed E-state index contributed by atoms with van der Waals surface area (Å²) >= 11 is 2.66. The van der Waals surface area contributed by atoms with Crippen LogP contribution in [0.1, 0.15) is 16.7 Å². The lowest BCUT2D eigenvalue weighted by Crippen LogP contribution is -2.21. The number of thiazole rings is 1. The van der Waals surface area contributed by atoms with E-state index in [2.05, 4.69) is 15.0 Å². The van der Waals surface area contributed by atoms with Gasteiger partial charge in [-0.3, -0.25) is 9.36 Å². The number of hydrogen-bond acceptors (Lipinski definition) is 7. The van der Waals surface area contributed by atoms with Crippen LogP contribution in [-0.2, 0) is 5.75 Å². The summed E-state index contributed by atoms with van der Waals surface area (Å²) in [4.78, 5) is 26.1. The number of benzene rings is 1. The molecule has 0 fully saturated rings. The Morgan fingerprint density at radius 1 is 1.21 bits per heavy atom. The van der Waals surface area contributed by atoms with Gasteiger partial charge in [0.25, 0.3) is 5.56 Å². The zero-order valence-corrected chi connectivity index (χ0v) is 17.6. The van der Waals surface area contributed by atoms with Gasteiger partial charge in [-0.15, -0.1) is 11.3 Å². The van der Waals surface area contributed by atoms with E-state index < -0.39 is 0 Å². The van der Waals surface area contributed by atoms with E-state index in [1.807, 2.05) is 13.8 Å². The van der Waals surface area contributed by atoms with Crippen molar-refractivity contribution < 1.29 is 9.13 Å². The molecule has 0 unspecified atom stereocenters. The van der Waals surface area contributed by atoms with Crippen LogP contribution in [0.25, 0.3) is 16.0 Å². The van der Waals surface area contributed by atoms with Crippen molar-refractivity contribution in [2.45, 2.75) is 24.8 Å². The minimum absolute atomic E-state index is 0.195. The Balaban J connectivity index is 1.80. The molecule has 4 aromatic rings. The molecule has 148 valence electrons. The molecule has 0 amide bonds. The summed E-state index contributed by atoms with van der Waals surface area (Å²) in [6.45, 7) is 3.76. The first kappa shape index (κ1) is 19.5. The summed E-state index contributed by atoms with van der Waals surface area (Å²) in [6, 6.07) is 6.49. The van der Waals surface area contributed by atoms with Gasteiger partial charge in [0.15, 0.2) is 10.8 Å². The summed E-state index contributed by atoms with van der Waals surface area (Å²) in [5, 5.41) is 0.503. The molecule has 6 nitrogen and oxygen atoms in total. The van der Waals surface area contributed by atoms with Crippen LogP contribution >= 0.6 is 23.1 Å². The third kappa shape index (κ3) is 3.75. The molecule has 0 atom stereocenters. The molecule has 0 aliphatic heterocycles. The highest BCUT2D eigenvalue weighted by atomic mass is 32.2. The van der Waals surface area contributed by atoms with E-state index in [1.165, 1.54) is 46.9 Å². The highest BCUT2D eigenvalue weighted by Crippen LogP contribution is 2.28. The summed E-state index contributed by atoms with van der Waals surface area (Å²) in [6.07, 6.45) is 1.58. The van der Waals surface area contributed by atoms with Gasteiger partial charge in [0.05, 0.1) is 24.5 Å². The maximum Gasteiger partial charge on any atom is 0.278 e. The lowest BCUT2D eigenvalue weighted by atomic mass is 10.0. The molecule has 0 saturated heterocycles. The van der Waals surface area contributed by atoms with Gasteiger partial charge < -0.3 is 4.74 Å². The highest BCUT2D eigenvalue weighted by molar-refractivity contribution is 7.98. The molecule has 0 radical (unpaired) electrons. The molecule has 0 saturated carbocycles. The first-order chi connectivity index (χ1) is 14.0. The van der Waals surface area contributed by atoms with Crippen LogP contribution in [0.2, 0.25) is 0 Å². The fraction of sp³-hybridized carbons (Fsp3) is 0.200. The first-order valence-corrected chi connectivity index (χ1v) is 10.6. The van der Waals surface area contributed by atoms with Gasteiger partial charge in [0.1, 0.15) is 10.5 Å². The van der Waals surface area contributed by atoms with Crippen molar-refractivity contribution in [3.8, 4) is 11.6 Å². The minimum Gasteiger partial charge on any atom is -0.481 e. The fourth-order valence-electron chi connectivity index (χ4n) is 3.05. The molecule has 1 aromatic carbocycles. The molecule has 4 rings (SSSR count). The Bertz CT molecular complexity index is 1230. The molecular formula is C20H17FN4O2S2. The summed E-state index contributed by atoms with van der Waals surface area (Å²) in [5.74, 6) is 0.751. The molecule has 9 heteroatoms. The van der Waals surface area contributed by atoms with Crippen molar-refractivity contribution in [3.63, 3.8) is 0 Å². The van der Waals surface area contributed by atoms with Gasteiger partial charge in [-0.25, -0.2) is 19.3 Å². The lowest BCUT2D eigenvalue weighted by molar-refractivity contribution is 0.397. The van der Waals surface area contributed by atoms with Gasteiger partial charge >= 0.3 is 0 Å². The Morgan fingerprint density at radius 3 is 2.62 bits per heavy atom. The van der Waals surface area contributed by atoms with E-state index in [0.29, 0.717) is 32.8 Å². The van der Waals surface area contributed by atoms with Crippen LogP contribution in [0.4, 0.5) is 4.39 Å². The summed E-state index contributed by atoms with van der Waals surface area (Å²) in [5.41, 5.74) is 5.18. The Hall–Kier alpha value is -2.78. The lowest BCUT2D eigenvalue weighted by Gasteiger charge is -2.14. The topological polar surface area (TPSA) is 69.9 Å². The number of ether oxygens (including phenoxy) is 1. The average Bonchev–Trinajstić information content (AvgIpc) is 3.16. The van der Waals surface area contributed by atoms with E-state index in [4.69, 9.17) is 4.74 Å². The maximum atomic E-state index is 13.6. The predicted molar refractivity (Wildman–Crippen MR) is 113 cm³/mol. The third-order valence-electron chi connectivity index (χ3n) is 4.53. The number of pyridine rings is 1. The van der Waals surface area contributed by atoms with Gasteiger partial charge in [-0.05, 0) is 48.7 Å². The van der Waals surface area contributed by atoms with Crippen LogP contribution in [0.15, 0.2) is 45.9 Å².